The van der Waals surface area contributed by atoms with Crippen LogP contribution in [0, 0.1) is 11.6 Å². The maximum atomic E-state index is 13.3. The first-order chi connectivity index (χ1) is 6.20. The van der Waals surface area contributed by atoms with Crippen LogP contribution in [-0.2, 0) is 0 Å². The zero-order valence-electron chi connectivity index (χ0n) is 7.31. The maximum absolute atomic E-state index is 13.3. The summed E-state index contributed by atoms with van der Waals surface area (Å²) in [5, 5.41) is 0. The first-order valence-corrected chi connectivity index (χ1v) is 3.94. The highest BCUT2D eigenvalue weighted by Gasteiger charge is 2.11. The lowest BCUT2D eigenvalue weighted by molar-refractivity contribution is 0.320. The Morgan fingerprint density at radius 3 is 2.69 bits per heavy atom. The van der Waals surface area contributed by atoms with E-state index in [0.717, 1.165) is 12.1 Å². The molecule has 0 saturated heterocycles. The molecule has 0 N–H and O–H groups in total. The predicted octanol–water partition coefficient (Wildman–Crippen LogP) is 3.01. The Hall–Kier alpha value is -1.38. The SMILES string of the molecule is C=Cc1c(F)ccc(OCC)c1F. The summed E-state index contributed by atoms with van der Waals surface area (Å²) < 4.78 is 31.1. The van der Waals surface area contributed by atoms with Gasteiger partial charge in [-0.25, -0.2) is 8.78 Å². The lowest BCUT2D eigenvalue weighted by Crippen LogP contribution is -1.97. The van der Waals surface area contributed by atoms with E-state index in [1.807, 2.05) is 0 Å². The molecule has 0 heterocycles. The van der Waals surface area contributed by atoms with Gasteiger partial charge in [-0.15, -0.1) is 0 Å². The van der Waals surface area contributed by atoms with E-state index in [4.69, 9.17) is 4.74 Å². The molecule has 0 aliphatic heterocycles. The lowest BCUT2D eigenvalue weighted by atomic mass is 10.2. The molecule has 0 aliphatic rings. The average molecular weight is 184 g/mol. The van der Waals surface area contributed by atoms with Gasteiger partial charge in [0.15, 0.2) is 11.6 Å². The van der Waals surface area contributed by atoms with Crippen molar-refractivity contribution < 1.29 is 13.5 Å². The fourth-order valence-electron chi connectivity index (χ4n) is 1.00. The molecule has 1 nitrogen and oxygen atoms in total. The van der Waals surface area contributed by atoms with Crippen LogP contribution in [0.5, 0.6) is 5.75 Å². The lowest BCUT2D eigenvalue weighted by Gasteiger charge is -2.06. The third kappa shape index (κ3) is 1.86. The minimum Gasteiger partial charge on any atom is -0.491 e. The van der Waals surface area contributed by atoms with Crippen molar-refractivity contribution in [3.05, 3.63) is 35.9 Å². The number of hydrogen-bond donors (Lipinski definition) is 0. The highest BCUT2D eigenvalue weighted by molar-refractivity contribution is 5.51. The molecule has 1 aromatic rings. The minimum atomic E-state index is -0.697. The Balaban J connectivity index is 3.19. The van der Waals surface area contributed by atoms with E-state index in [-0.39, 0.29) is 11.3 Å². The van der Waals surface area contributed by atoms with Crippen LogP contribution in [0.1, 0.15) is 12.5 Å². The van der Waals surface area contributed by atoms with E-state index < -0.39 is 11.6 Å². The van der Waals surface area contributed by atoms with E-state index in [1.165, 1.54) is 6.07 Å². The van der Waals surface area contributed by atoms with Gasteiger partial charge < -0.3 is 4.74 Å². The molecule has 0 atom stereocenters. The molecular weight excluding hydrogens is 174 g/mol. The van der Waals surface area contributed by atoms with Crippen LogP contribution in [0.3, 0.4) is 0 Å². The fourth-order valence-corrected chi connectivity index (χ4v) is 1.00. The first-order valence-electron chi connectivity index (χ1n) is 3.94. The van der Waals surface area contributed by atoms with Crippen LogP contribution in [0.25, 0.3) is 6.08 Å². The Morgan fingerprint density at radius 1 is 1.46 bits per heavy atom. The van der Waals surface area contributed by atoms with Crippen LogP contribution in [0.4, 0.5) is 8.78 Å². The van der Waals surface area contributed by atoms with Gasteiger partial charge in [0.05, 0.1) is 6.61 Å². The molecule has 0 amide bonds. The van der Waals surface area contributed by atoms with E-state index in [1.54, 1.807) is 6.92 Å². The molecule has 13 heavy (non-hydrogen) atoms. The summed E-state index contributed by atoms with van der Waals surface area (Å²) in [5.74, 6) is -1.27. The Bertz CT molecular complexity index is 321. The summed E-state index contributed by atoms with van der Waals surface area (Å²) in [5.41, 5.74) is -0.147. The second-order valence-electron chi connectivity index (χ2n) is 2.41. The zero-order valence-corrected chi connectivity index (χ0v) is 7.31. The Labute approximate surface area is 75.6 Å². The molecule has 0 spiro atoms. The summed E-state index contributed by atoms with van der Waals surface area (Å²) in [7, 11) is 0. The summed E-state index contributed by atoms with van der Waals surface area (Å²) in [6.45, 7) is 5.40. The Kier molecular flexibility index (Phi) is 3.01. The molecule has 0 aliphatic carbocycles. The molecule has 70 valence electrons. The van der Waals surface area contributed by atoms with Crippen LogP contribution in [0.15, 0.2) is 18.7 Å². The number of halogens is 2. The molecule has 1 rings (SSSR count). The number of hydrogen-bond acceptors (Lipinski definition) is 1. The molecule has 0 aromatic heterocycles. The summed E-state index contributed by atoms with van der Waals surface area (Å²) in [4.78, 5) is 0. The molecule has 0 radical (unpaired) electrons. The summed E-state index contributed by atoms with van der Waals surface area (Å²) in [6, 6.07) is 2.42. The van der Waals surface area contributed by atoms with Crippen LogP contribution in [-0.4, -0.2) is 6.61 Å². The smallest absolute Gasteiger partial charge is 0.175 e. The van der Waals surface area contributed by atoms with Crippen molar-refractivity contribution >= 4 is 6.08 Å². The maximum Gasteiger partial charge on any atom is 0.175 e. The number of rotatable bonds is 3. The molecule has 0 unspecified atom stereocenters. The van der Waals surface area contributed by atoms with Crippen molar-refractivity contribution in [2.24, 2.45) is 0 Å². The molecule has 0 bridgehead atoms. The normalized spacial score (nSPS) is 9.77. The van der Waals surface area contributed by atoms with Crippen molar-refractivity contribution in [3.8, 4) is 5.75 Å². The molecule has 1 aromatic carbocycles. The second kappa shape index (κ2) is 4.03. The molecule has 0 saturated carbocycles. The quantitative estimate of drug-likeness (QED) is 0.701. The van der Waals surface area contributed by atoms with Gasteiger partial charge in [-0.3, -0.25) is 0 Å². The Morgan fingerprint density at radius 2 is 2.15 bits per heavy atom. The van der Waals surface area contributed by atoms with Gasteiger partial charge in [0, 0.05) is 5.56 Å². The fraction of sp³-hybridized carbons (Fsp3) is 0.200. The van der Waals surface area contributed by atoms with Crippen molar-refractivity contribution in [2.45, 2.75) is 6.92 Å². The van der Waals surface area contributed by atoms with Gasteiger partial charge in [-0.1, -0.05) is 12.7 Å². The summed E-state index contributed by atoms with van der Waals surface area (Å²) in [6.07, 6.45) is 1.13. The molecule has 3 heteroatoms. The zero-order chi connectivity index (χ0) is 9.84. The number of ether oxygens (including phenoxy) is 1. The highest BCUT2D eigenvalue weighted by atomic mass is 19.1. The van der Waals surface area contributed by atoms with Gasteiger partial charge in [-0.2, -0.15) is 0 Å². The van der Waals surface area contributed by atoms with E-state index >= 15 is 0 Å². The monoisotopic (exact) mass is 184 g/mol. The average Bonchev–Trinajstić information content (AvgIpc) is 2.11. The van der Waals surface area contributed by atoms with Crippen molar-refractivity contribution in [2.75, 3.05) is 6.61 Å². The second-order valence-corrected chi connectivity index (χ2v) is 2.41. The topological polar surface area (TPSA) is 9.23 Å². The minimum absolute atomic E-state index is 0.0544. The van der Waals surface area contributed by atoms with Crippen molar-refractivity contribution in [1.82, 2.24) is 0 Å². The predicted molar refractivity (Wildman–Crippen MR) is 47.6 cm³/mol. The largest absolute Gasteiger partial charge is 0.491 e. The van der Waals surface area contributed by atoms with Gasteiger partial charge in [0.25, 0.3) is 0 Å². The van der Waals surface area contributed by atoms with Crippen LogP contribution >= 0.6 is 0 Å². The summed E-state index contributed by atoms with van der Waals surface area (Å²) >= 11 is 0. The van der Waals surface area contributed by atoms with Gasteiger partial charge in [0.1, 0.15) is 5.82 Å². The van der Waals surface area contributed by atoms with Crippen molar-refractivity contribution in [1.29, 1.82) is 0 Å². The molecule has 0 fully saturated rings. The van der Waals surface area contributed by atoms with Crippen LogP contribution in [0.2, 0.25) is 0 Å². The van der Waals surface area contributed by atoms with E-state index in [0.29, 0.717) is 6.61 Å². The molecular formula is C10H10F2O. The third-order valence-corrected chi connectivity index (χ3v) is 1.60. The first kappa shape index (κ1) is 9.71. The van der Waals surface area contributed by atoms with Crippen LogP contribution < -0.4 is 4.74 Å². The van der Waals surface area contributed by atoms with Gasteiger partial charge >= 0.3 is 0 Å². The van der Waals surface area contributed by atoms with E-state index in [9.17, 15) is 8.78 Å². The highest BCUT2D eigenvalue weighted by Crippen LogP contribution is 2.23. The van der Waals surface area contributed by atoms with E-state index in [2.05, 4.69) is 6.58 Å². The standard InChI is InChI=1S/C10H10F2O/c1-3-7-8(11)5-6-9(10(7)12)13-4-2/h3,5-6H,1,4H2,2H3. The van der Waals surface area contributed by atoms with Crippen molar-refractivity contribution in [3.63, 3.8) is 0 Å². The van der Waals surface area contributed by atoms with Gasteiger partial charge in [-0.05, 0) is 19.1 Å². The third-order valence-electron chi connectivity index (χ3n) is 1.60. The number of benzene rings is 1. The van der Waals surface area contributed by atoms with Gasteiger partial charge in [0.2, 0.25) is 0 Å².